The van der Waals surface area contributed by atoms with Gasteiger partial charge in [-0.3, -0.25) is 9.58 Å². The Bertz CT molecular complexity index is 772. The minimum atomic E-state index is -0.441. The summed E-state index contributed by atoms with van der Waals surface area (Å²) < 4.78 is 35.3. The van der Waals surface area contributed by atoms with E-state index in [4.69, 9.17) is 9.84 Å². The summed E-state index contributed by atoms with van der Waals surface area (Å²) in [6.45, 7) is 4.67. The van der Waals surface area contributed by atoms with Crippen molar-refractivity contribution in [2.45, 2.75) is 45.1 Å². The second kappa shape index (κ2) is 7.06. The van der Waals surface area contributed by atoms with E-state index in [-0.39, 0.29) is 18.6 Å². The van der Waals surface area contributed by atoms with Crippen LogP contribution in [-0.2, 0) is 24.4 Å². The van der Waals surface area contributed by atoms with Crippen molar-refractivity contribution >= 4 is 0 Å². The Morgan fingerprint density at radius 3 is 2.88 bits per heavy atom. The minimum Gasteiger partial charge on any atom is -0.394 e. The lowest BCUT2D eigenvalue weighted by atomic mass is 9.88. The molecule has 2 aromatic rings. The molecule has 2 aliphatic heterocycles. The zero-order valence-electron chi connectivity index (χ0n) is 14.7. The zero-order valence-corrected chi connectivity index (χ0v) is 14.7. The number of aliphatic hydroxyl groups excluding tert-OH is 1. The molecule has 3 unspecified atom stereocenters. The number of fused-ring (bicyclic) bond motifs is 1. The van der Waals surface area contributed by atoms with Crippen LogP contribution >= 0.6 is 0 Å². The van der Waals surface area contributed by atoms with Crippen molar-refractivity contribution in [1.82, 2.24) is 14.7 Å². The number of ether oxygens (including phenoxy) is 1. The Morgan fingerprint density at radius 1 is 1.31 bits per heavy atom. The Morgan fingerprint density at radius 2 is 2.15 bits per heavy atom. The fraction of sp³-hybridized carbons (Fsp3) is 0.526. The highest BCUT2D eigenvalue weighted by molar-refractivity contribution is 5.24. The molecule has 4 rings (SSSR count). The van der Waals surface area contributed by atoms with Crippen LogP contribution in [0.25, 0.3) is 0 Å². The summed E-state index contributed by atoms with van der Waals surface area (Å²) in [6.07, 6.45) is 2.44. The number of hydrogen-bond donors (Lipinski definition) is 1. The maximum Gasteiger partial charge on any atom is 0.129 e. The fourth-order valence-corrected chi connectivity index (χ4v) is 4.09. The number of rotatable bonds is 4. The third kappa shape index (κ3) is 3.26. The van der Waals surface area contributed by atoms with Gasteiger partial charge in [-0.15, -0.1) is 0 Å². The molecule has 1 fully saturated rings. The molecule has 0 spiro atoms. The monoisotopic (exact) mass is 363 g/mol. The molecular weight excluding hydrogens is 340 g/mol. The molecule has 1 aromatic heterocycles. The van der Waals surface area contributed by atoms with Crippen LogP contribution in [0, 0.1) is 17.6 Å². The van der Waals surface area contributed by atoms with Gasteiger partial charge in [-0.2, -0.15) is 5.10 Å². The van der Waals surface area contributed by atoms with E-state index in [0.29, 0.717) is 18.7 Å². The Labute approximate surface area is 151 Å². The molecule has 1 saturated heterocycles. The van der Waals surface area contributed by atoms with Crippen molar-refractivity contribution < 1.29 is 18.6 Å². The number of hydrogen-bond acceptors (Lipinski definition) is 4. The van der Waals surface area contributed by atoms with Gasteiger partial charge in [0.2, 0.25) is 0 Å². The molecule has 3 atom stereocenters. The minimum absolute atomic E-state index is 0.0796. The summed E-state index contributed by atoms with van der Waals surface area (Å²) in [4.78, 5) is 2.33. The molecule has 2 aliphatic rings. The molecule has 5 nitrogen and oxygen atoms in total. The van der Waals surface area contributed by atoms with E-state index in [1.165, 1.54) is 11.6 Å². The third-order valence-electron chi connectivity index (χ3n) is 5.39. The molecule has 26 heavy (non-hydrogen) atoms. The van der Waals surface area contributed by atoms with Crippen LogP contribution in [0.15, 0.2) is 24.4 Å². The number of halogens is 2. The van der Waals surface area contributed by atoms with Gasteiger partial charge in [0.1, 0.15) is 11.6 Å². The van der Waals surface area contributed by atoms with E-state index >= 15 is 0 Å². The van der Waals surface area contributed by atoms with Crippen LogP contribution in [0.3, 0.4) is 0 Å². The first-order valence-electron chi connectivity index (χ1n) is 9.02. The molecule has 0 saturated carbocycles. The average molecular weight is 363 g/mol. The van der Waals surface area contributed by atoms with Crippen LogP contribution in [0.2, 0.25) is 0 Å². The predicted octanol–water partition coefficient (Wildman–Crippen LogP) is 2.64. The maximum atomic E-state index is 14.1. The summed E-state index contributed by atoms with van der Waals surface area (Å²) in [5.74, 6) is -0.766. The normalized spacial score (nSPS) is 26.2. The average Bonchev–Trinajstić information content (AvgIpc) is 3.16. The lowest BCUT2D eigenvalue weighted by Gasteiger charge is -2.38. The first-order chi connectivity index (χ1) is 12.5. The summed E-state index contributed by atoms with van der Waals surface area (Å²) in [6, 6.07) is 3.77. The molecule has 0 radical (unpaired) electrons. The van der Waals surface area contributed by atoms with Crippen molar-refractivity contribution in [3.63, 3.8) is 0 Å². The fourth-order valence-electron chi connectivity index (χ4n) is 4.09. The lowest BCUT2D eigenvalue weighted by Crippen LogP contribution is -2.42. The van der Waals surface area contributed by atoms with Gasteiger partial charge in [0, 0.05) is 36.5 Å². The molecule has 3 heterocycles. The SMILES string of the molecule is CC1CC(N2Cc3cn(CCO)nc3C2)COC1c1cc(F)ccc1F. The quantitative estimate of drug-likeness (QED) is 0.907. The van der Waals surface area contributed by atoms with E-state index < -0.39 is 17.7 Å². The number of nitrogens with zero attached hydrogens (tertiary/aromatic N) is 3. The predicted molar refractivity (Wildman–Crippen MR) is 91.2 cm³/mol. The van der Waals surface area contributed by atoms with E-state index in [1.807, 2.05) is 13.1 Å². The van der Waals surface area contributed by atoms with Gasteiger partial charge in [-0.05, 0) is 30.5 Å². The summed E-state index contributed by atoms with van der Waals surface area (Å²) in [5, 5.41) is 13.5. The highest BCUT2D eigenvalue weighted by Gasteiger charge is 2.36. The van der Waals surface area contributed by atoms with E-state index in [0.717, 1.165) is 37.3 Å². The van der Waals surface area contributed by atoms with Gasteiger partial charge in [0.05, 0.1) is 31.6 Å². The van der Waals surface area contributed by atoms with Crippen molar-refractivity contribution in [3.8, 4) is 0 Å². The highest BCUT2D eigenvalue weighted by Crippen LogP contribution is 2.38. The molecule has 1 aromatic carbocycles. The standard InChI is InChI=1S/C19H23F2N3O2/c1-12-6-15(11-26-19(12)16-7-14(20)2-3-17(16)21)23-8-13-9-24(4-5-25)22-18(13)10-23/h2-3,7,9,12,15,19,25H,4-6,8,10-11H2,1H3. The van der Waals surface area contributed by atoms with Crippen LogP contribution in [0.5, 0.6) is 0 Å². The van der Waals surface area contributed by atoms with Gasteiger partial charge in [0.15, 0.2) is 0 Å². The topological polar surface area (TPSA) is 50.5 Å². The third-order valence-corrected chi connectivity index (χ3v) is 5.39. The first kappa shape index (κ1) is 17.6. The van der Waals surface area contributed by atoms with E-state index in [2.05, 4.69) is 10.00 Å². The van der Waals surface area contributed by atoms with Crippen molar-refractivity contribution in [2.75, 3.05) is 13.2 Å². The molecule has 0 amide bonds. The first-order valence-corrected chi connectivity index (χ1v) is 9.02. The largest absolute Gasteiger partial charge is 0.394 e. The Balaban J connectivity index is 1.41. The highest BCUT2D eigenvalue weighted by atomic mass is 19.1. The van der Waals surface area contributed by atoms with Crippen molar-refractivity contribution in [3.05, 3.63) is 52.9 Å². The molecule has 0 aliphatic carbocycles. The van der Waals surface area contributed by atoms with Crippen molar-refractivity contribution in [2.24, 2.45) is 5.92 Å². The molecule has 0 bridgehead atoms. The van der Waals surface area contributed by atoms with Crippen molar-refractivity contribution in [1.29, 1.82) is 0 Å². The Kier molecular flexibility index (Phi) is 4.77. The maximum absolute atomic E-state index is 14.1. The molecule has 140 valence electrons. The lowest BCUT2D eigenvalue weighted by molar-refractivity contribution is -0.0723. The number of benzene rings is 1. The van der Waals surface area contributed by atoms with Gasteiger partial charge >= 0.3 is 0 Å². The molecular formula is C19H23F2N3O2. The summed E-state index contributed by atoms with van der Waals surface area (Å²) in [5.41, 5.74) is 2.54. The number of aromatic nitrogens is 2. The van der Waals surface area contributed by atoms with Gasteiger partial charge in [-0.25, -0.2) is 8.78 Å². The van der Waals surface area contributed by atoms with Gasteiger partial charge in [-0.1, -0.05) is 6.92 Å². The summed E-state index contributed by atoms with van der Waals surface area (Å²) >= 11 is 0. The van der Waals surface area contributed by atoms with E-state index in [1.54, 1.807) is 4.68 Å². The second-order valence-corrected chi connectivity index (χ2v) is 7.28. The van der Waals surface area contributed by atoms with Crippen LogP contribution in [0.4, 0.5) is 8.78 Å². The van der Waals surface area contributed by atoms with Crippen LogP contribution in [0.1, 0.15) is 36.3 Å². The number of aliphatic hydroxyl groups is 1. The Hall–Kier alpha value is -1.83. The molecule has 7 heteroatoms. The smallest absolute Gasteiger partial charge is 0.129 e. The van der Waals surface area contributed by atoms with Crippen LogP contribution in [-0.4, -0.2) is 39.0 Å². The van der Waals surface area contributed by atoms with E-state index in [9.17, 15) is 8.78 Å². The van der Waals surface area contributed by atoms with Gasteiger partial charge in [0.25, 0.3) is 0 Å². The second-order valence-electron chi connectivity index (χ2n) is 7.28. The van der Waals surface area contributed by atoms with Gasteiger partial charge < -0.3 is 9.84 Å². The zero-order chi connectivity index (χ0) is 18.3. The summed E-state index contributed by atoms with van der Waals surface area (Å²) in [7, 11) is 0. The molecule has 1 N–H and O–H groups in total. The van der Waals surface area contributed by atoms with Crippen LogP contribution < -0.4 is 0 Å².